The van der Waals surface area contributed by atoms with Crippen LogP contribution in [0.1, 0.15) is 22.4 Å². The molecule has 0 aliphatic heterocycles. The molecule has 0 spiro atoms. The summed E-state index contributed by atoms with van der Waals surface area (Å²) in [5, 5.41) is 13.0. The summed E-state index contributed by atoms with van der Waals surface area (Å²) in [6.07, 6.45) is -0.292. The molecule has 1 aromatic carbocycles. The lowest BCUT2D eigenvalue weighted by atomic mass is 10.0. The summed E-state index contributed by atoms with van der Waals surface area (Å²) in [6.45, 7) is 1.92. The average molecular weight is 267 g/mol. The van der Waals surface area contributed by atoms with Crippen LogP contribution < -0.4 is 4.74 Å². The van der Waals surface area contributed by atoms with Gasteiger partial charge in [-0.25, -0.2) is 9.37 Å². The highest BCUT2D eigenvalue weighted by Crippen LogP contribution is 2.25. The first kappa shape index (κ1) is 13.0. The van der Waals surface area contributed by atoms with Gasteiger partial charge in [0.25, 0.3) is 0 Å². The fourth-order valence-corrected chi connectivity index (χ4v) is 2.33. The van der Waals surface area contributed by atoms with Crippen molar-refractivity contribution in [3.05, 3.63) is 45.7 Å². The van der Waals surface area contributed by atoms with Gasteiger partial charge in [-0.05, 0) is 24.6 Å². The molecule has 1 N–H and O–H groups in total. The number of aryl methyl sites for hydroxylation is 1. The number of halogens is 1. The summed E-state index contributed by atoms with van der Waals surface area (Å²) in [6, 6.07) is 4.37. The molecule has 1 atom stereocenters. The second-order valence-electron chi connectivity index (χ2n) is 3.97. The summed E-state index contributed by atoms with van der Waals surface area (Å²) < 4.78 is 18.1. The van der Waals surface area contributed by atoms with Crippen molar-refractivity contribution in [3.8, 4) is 5.75 Å². The topological polar surface area (TPSA) is 42.4 Å². The molecule has 0 amide bonds. The first-order valence-corrected chi connectivity index (χ1v) is 6.40. The molecular formula is C13H14FNO2S. The second-order valence-corrected chi connectivity index (χ2v) is 5.03. The molecular weight excluding hydrogens is 253 g/mol. The highest BCUT2D eigenvalue weighted by atomic mass is 32.1. The third kappa shape index (κ3) is 2.86. The third-order valence-corrected chi connectivity index (χ3v) is 3.45. The van der Waals surface area contributed by atoms with E-state index < -0.39 is 11.9 Å². The first-order chi connectivity index (χ1) is 8.60. The minimum Gasteiger partial charge on any atom is -0.494 e. The summed E-state index contributed by atoms with van der Waals surface area (Å²) in [5.74, 6) is -0.293. The lowest BCUT2D eigenvalue weighted by molar-refractivity contribution is 0.177. The van der Waals surface area contributed by atoms with Gasteiger partial charge in [-0.15, -0.1) is 11.3 Å². The van der Waals surface area contributed by atoms with Crippen molar-refractivity contribution in [3.63, 3.8) is 0 Å². The van der Waals surface area contributed by atoms with Crippen LogP contribution >= 0.6 is 11.3 Å². The van der Waals surface area contributed by atoms with Crippen LogP contribution in [-0.2, 0) is 6.42 Å². The smallest absolute Gasteiger partial charge is 0.165 e. The highest BCUT2D eigenvalue weighted by molar-refractivity contribution is 7.09. The van der Waals surface area contributed by atoms with Crippen LogP contribution in [0.15, 0.2) is 23.6 Å². The summed E-state index contributed by atoms with van der Waals surface area (Å²) in [7, 11) is 1.40. The zero-order chi connectivity index (χ0) is 13.1. The number of rotatable bonds is 4. The Morgan fingerprint density at radius 1 is 1.50 bits per heavy atom. The van der Waals surface area contributed by atoms with Crippen molar-refractivity contribution in [1.29, 1.82) is 0 Å². The Hall–Kier alpha value is -1.46. The van der Waals surface area contributed by atoms with Gasteiger partial charge in [0.1, 0.15) is 0 Å². The number of aromatic nitrogens is 1. The number of benzene rings is 1. The van der Waals surface area contributed by atoms with E-state index in [4.69, 9.17) is 4.74 Å². The molecule has 0 aliphatic carbocycles. The van der Waals surface area contributed by atoms with E-state index in [1.165, 1.54) is 19.2 Å². The SMILES string of the molecule is COc1cc(C(O)Cc2csc(C)n2)ccc1F. The molecule has 1 unspecified atom stereocenters. The average Bonchev–Trinajstić information content (AvgIpc) is 2.75. The number of nitrogens with zero attached hydrogens (tertiary/aromatic N) is 1. The Morgan fingerprint density at radius 3 is 2.89 bits per heavy atom. The Bertz CT molecular complexity index is 542. The quantitative estimate of drug-likeness (QED) is 0.926. The van der Waals surface area contributed by atoms with E-state index in [1.807, 2.05) is 12.3 Å². The number of thiazole rings is 1. The third-order valence-electron chi connectivity index (χ3n) is 2.63. The standard InChI is InChI=1S/C13H14FNO2S/c1-8-15-10(7-18-8)6-12(16)9-3-4-11(14)13(5-9)17-2/h3-5,7,12,16H,6H2,1-2H3. The maximum atomic E-state index is 13.2. The monoisotopic (exact) mass is 267 g/mol. The van der Waals surface area contributed by atoms with Crippen molar-refractivity contribution in [2.24, 2.45) is 0 Å². The van der Waals surface area contributed by atoms with Gasteiger partial charge in [-0.2, -0.15) is 0 Å². The van der Waals surface area contributed by atoms with Crippen LogP contribution in [0.2, 0.25) is 0 Å². The molecule has 1 heterocycles. The molecule has 0 radical (unpaired) electrons. The fraction of sp³-hybridized carbons (Fsp3) is 0.308. The van der Waals surface area contributed by atoms with Crippen LogP contribution in [0.3, 0.4) is 0 Å². The lowest BCUT2D eigenvalue weighted by Gasteiger charge is -2.11. The number of hydrogen-bond donors (Lipinski definition) is 1. The Labute approximate surface area is 109 Å². The maximum absolute atomic E-state index is 13.2. The van der Waals surface area contributed by atoms with Gasteiger partial charge in [0, 0.05) is 11.8 Å². The van der Waals surface area contributed by atoms with E-state index in [2.05, 4.69) is 4.98 Å². The maximum Gasteiger partial charge on any atom is 0.165 e. The Balaban J connectivity index is 2.15. The van der Waals surface area contributed by atoms with Gasteiger partial charge < -0.3 is 9.84 Å². The first-order valence-electron chi connectivity index (χ1n) is 5.52. The molecule has 18 heavy (non-hydrogen) atoms. The number of aliphatic hydroxyl groups excluding tert-OH is 1. The largest absolute Gasteiger partial charge is 0.494 e. The predicted molar refractivity (Wildman–Crippen MR) is 68.5 cm³/mol. The molecule has 0 bridgehead atoms. The van der Waals surface area contributed by atoms with E-state index in [9.17, 15) is 9.50 Å². The Kier molecular flexibility index (Phi) is 3.93. The molecule has 2 rings (SSSR count). The molecule has 5 heteroatoms. The van der Waals surface area contributed by atoms with Crippen LogP contribution in [0.4, 0.5) is 4.39 Å². The molecule has 0 saturated carbocycles. The summed E-state index contributed by atoms with van der Waals surface area (Å²) >= 11 is 1.54. The highest BCUT2D eigenvalue weighted by Gasteiger charge is 2.13. The molecule has 3 nitrogen and oxygen atoms in total. The zero-order valence-corrected chi connectivity index (χ0v) is 11.0. The number of hydrogen-bond acceptors (Lipinski definition) is 4. The van der Waals surface area contributed by atoms with Gasteiger partial charge in [0.15, 0.2) is 11.6 Å². The number of ether oxygens (including phenoxy) is 1. The van der Waals surface area contributed by atoms with Gasteiger partial charge in [0.05, 0.1) is 23.9 Å². The minimum atomic E-state index is -0.707. The molecule has 2 aromatic rings. The van der Waals surface area contributed by atoms with Crippen LogP contribution in [0.5, 0.6) is 5.75 Å². The van der Waals surface area contributed by atoms with Crippen LogP contribution in [0.25, 0.3) is 0 Å². The van der Waals surface area contributed by atoms with Crippen molar-refractivity contribution in [2.45, 2.75) is 19.4 Å². The van der Waals surface area contributed by atoms with E-state index in [0.29, 0.717) is 12.0 Å². The zero-order valence-electron chi connectivity index (χ0n) is 10.2. The van der Waals surface area contributed by atoms with E-state index >= 15 is 0 Å². The molecule has 0 aliphatic rings. The van der Waals surface area contributed by atoms with Gasteiger partial charge in [-0.1, -0.05) is 6.07 Å². The lowest BCUT2D eigenvalue weighted by Crippen LogP contribution is -2.03. The van der Waals surface area contributed by atoms with E-state index in [1.54, 1.807) is 17.4 Å². The summed E-state index contributed by atoms with van der Waals surface area (Å²) in [5.41, 5.74) is 1.46. The minimum absolute atomic E-state index is 0.140. The predicted octanol–water partition coefficient (Wildman–Crippen LogP) is 2.88. The van der Waals surface area contributed by atoms with Crippen molar-refractivity contribution < 1.29 is 14.2 Å². The van der Waals surface area contributed by atoms with E-state index in [0.717, 1.165) is 10.7 Å². The van der Waals surface area contributed by atoms with E-state index in [-0.39, 0.29) is 5.75 Å². The second kappa shape index (κ2) is 5.46. The number of aliphatic hydroxyl groups is 1. The van der Waals surface area contributed by atoms with Gasteiger partial charge >= 0.3 is 0 Å². The van der Waals surface area contributed by atoms with Crippen molar-refractivity contribution >= 4 is 11.3 Å². The fourth-order valence-electron chi connectivity index (χ4n) is 1.70. The van der Waals surface area contributed by atoms with Crippen LogP contribution in [0, 0.1) is 12.7 Å². The van der Waals surface area contributed by atoms with Crippen molar-refractivity contribution in [2.75, 3.05) is 7.11 Å². The molecule has 0 fully saturated rings. The van der Waals surface area contributed by atoms with Gasteiger partial charge in [-0.3, -0.25) is 0 Å². The molecule has 96 valence electrons. The molecule has 0 saturated heterocycles. The molecule has 1 aromatic heterocycles. The normalized spacial score (nSPS) is 12.4. The Morgan fingerprint density at radius 2 is 2.28 bits per heavy atom. The van der Waals surface area contributed by atoms with Gasteiger partial charge in [0.2, 0.25) is 0 Å². The number of methoxy groups -OCH3 is 1. The summed E-state index contributed by atoms with van der Waals surface area (Å²) in [4.78, 5) is 4.29. The van der Waals surface area contributed by atoms with Crippen LogP contribution in [-0.4, -0.2) is 17.2 Å². The van der Waals surface area contributed by atoms with Crippen molar-refractivity contribution in [1.82, 2.24) is 4.98 Å².